The third-order valence-electron chi connectivity index (χ3n) is 4.38. The summed E-state index contributed by atoms with van der Waals surface area (Å²) in [5.41, 5.74) is 0.626. The Labute approximate surface area is 124 Å². The summed E-state index contributed by atoms with van der Waals surface area (Å²) >= 11 is 0. The van der Waals surface area contributed by atoms with E-state index in [9.17, 15) is 9.18 Å². The fourth-order valence-electron chi connectivity index (χ4n) is 3.18. The Morgan fingerprint density at radius 3 is 2.81 bits per heavy atom. The third-order valence-corrected chi connectivity index (χ3v) is 4.38. The molecule has 21 heavy (non-hydrogen) atoms. The quantitative estimate of drug-likeness (QED) is 0.834. The van der Waals surface area contributed by atoms with Gasteiger partial charge in [0.15, 0.2) is 0 Å². The van der Waals surface area contributed by atoms with Gasteiger partial charge < -0.3 is 14.5 Å². The molecule has 3 rings (SSSR count). The molecule has 5 heteroatoms. The minimum absolute atomic E-state index is 0.00691. The smallest absolute Gasteiger partial charge is 0.228 e. The molecule has 0 saturated carbocycles. The lowest BCUT2D eigenvalue weighted by molar-refractivity contribution is -0.137. The molecule has 0 bridgehead atoms. The monoisotopic (exact) mass is 292 g/mol. The molecule has 2 aliphatic heterocycles. The van der Waals surface area contributed by atoms with E-state index in [1.165, 1.54) is 6.07 Å². The Morgan fingerprint density at radius 2 is 2.14 bits per heavy atom. The van der Waals surface area contributed by atoms with Crippen molar-refractivity contribution in [2.24, 2.45) is 5.92 Å². The lowest BCUT2D eigenvalue weighted by Crippen LogP contribution is -2.55. The van der Waals surface area contributed by atoms with Crippen LogP contribution in [0.4, 0.5) is 10.1 Å². The number of nitrogens with zero attached hydrogens (tertiary/aromatic N) is 2. The molecule has 4 nitrogen and oxygen atoms in total. The summed E-state index contributed by atoms with van der Waals surface area (Å²) in [7, 11) is 0. The van der Waals surface area contributed by atoms with Crippen molar-refractivity contribution in [2.75, 3.05) is 37.7 Å². The van der Waals surface area contributed by atoms with Crippen LogP contribution in [-0.2, 0) is 9.53 Å². The Bertz CT molecular complexity index is 517. The second-order valence-corrected chi connectivity index (χ2v) is 5.84. The molecule has 2 atom stereocenters. The van der Waals surface area contributed by atoms with Crippen molar-refractivity contribution >= 4 is 11.6 Å². The van der Waals surface area contributed by atoms with Gasteiger partial charge in [-0.05, 0) is 25.5 Å². The van der Waals surface area contributed by atoms with E-state index in [2.05, 4.69) is 0 Å². The van der Waals surface area contributed by atoms with Gasteiger partial charge in [0.2, 0.25) is 5.91 Å². The fraction of sp³-hybridized carbons (Fsp3) is 0.562. The highest BCUT2D eigenvalue weighted by Gasteiger charge is 2.34. The van der Waals surface area contributed by atoms with E-state index in [1.54, 1.807) is 12.1 Å². The van der Waals surface area contributed by atoms with E-state index in [4.69, 9.17) is 4.74 Å². The molecule has 1 aromatic carbocycles. The summed E-state index contributed by atoms with van der Waals surface area (Å²) in [5, 5.41) is 0. The first kappa shape index (κ1) is 14.3. The van der Waals surface area contributed by atoms with Gasteiger partial charge >= 0.3 is 0 Å². The van der Waals surface area contributed by atoms with Crippen molar-refractivity contribution in [3.05, 3.63) is 30.1 Å². The van der Waals surface area contributed by atoms with Crippen LogP contribution in [0.15, 0.2) is 24.3 Å². The molecule has 2 saturated heterocycles. The molecule has 114 valence electrons. The summed E-state index contributed by atoms with van der Waals surface area (Å²) in [6.07, 6.45) is 0.819. The molecule has 0 aliphatic carbocycles. The molecule has 0 aromatic heterocycles. The zero-order valence-corrected chi connectivity index (χ0v) is 12.3. The minimum Gasteiger partial charge on any atom is -0.381 e. The first-order valence-corrected chi connectivity index (χ1v) is 7.54. The number of piperazine rings is 1. The van der Waals surface area contributed by atoms with E-state index in [0.717, 1.165) is 6.42 Å². The Balaban J connectivity index is 1.67. The number of hydrogen-bond donors (Lipinski definition) is 0. The number of carbonyl (C=O) groups excluding carboxylic acids is 1. The van der Waals surface area contributed by atoms with Crippen molar-refractivity contribution in [3.63, 3.8) is 0 Å². The van der Waals surface area contributed by atoms with Crippen molar-refractivity contribution in [1.29, 1.82) is 0 Å². The largest absolute Gasteiger partial charge is 0.381 e. The molecule has 0 radical (unpaired) electrons. The average Bonchev–Trinajstić information content (AvgIpc) is 3.01. The summed E-state index contributed by atoms with van der Waals surface area (Å²) in [6, 6.07) is 6.91. The Morgan fingerprint density at radius 1 is 1.33 bits per heavy atom. The van der Waals surface area contributed by atoms with Gasteiger partial charge in [-0.25, -0.2) is 4.39 Å². The normalized spacial score (nSPS) is 26.2. The number of carbonyl (C=O) groups is 1. The number of hydrogen-bond acceptors (Lipinski definition) is 3. The highest BCUT2D eigenvalue weighted by Crippen LogP contribution is 2.24. The fourth-order valence-corrected chi connectivity index (χ4v) is 3.18. The molecule has 0 N–H and O–H groups in total. The van der Waals surface area contributed by atoms with Crippen LogP contribution >= 0.6 is 0 Å². The SMILES string of the molecule is C[C@@H]1CN(c2ccccc2F)CCN1C(=O)[C@H]1CCOC1. The molecule has 1 amide bonds. The first-order chi connectivity index (χ1) is 10.2. The van der Waals surface area contributed by atoms with Crippen LogP contribution in [0.25, 0.3) is 0 Å². The average molecular weight is 292 g/mol. The van der Waals surface area contributed by atoms with Crippen LogP contribution in [0.1, 0.15) is 13.3 Å². The zero-order chi connectivity index (χ0) is 14.8. The van der Waals surface area contributed by atoms with Crippen LogP contribution < -0.4 is 4.90 Å². The number of ether oxygens (including phenoxy) is 1. The van der Waals surface area contributed by atoms with Gasteiger partial charge in [-0.1, -0.05) is 12.1 Å². The number of amides is 1. The van der Waals surface area contributed by atoms with Crippen LogP contribution in [0.3, 0.4) is 0 Å². The Hall–Kier alpha value is -1.62. The highest BCUT2D eigenvalue weighted by atomic mass is 19.1. The lowest BCUT2D eigenvalue weighted by Gasteiger charge is -2.41. The van der Waals surface area contributed by atoms with Gasteiger partial charge in [-0.3, -0.25) is 4.79 Å². The maximum Gasteiger partial charge on any atom is 0.228 e. The van der Waals surface area contributed by atoms with Crippen molar-refractivity contribution in [3.8, 4) is 0 Å². The van der Waals surface area contributed by atoms with Gasteiger partial charge in [0.1, 0.15) is 5.82 Å². The number of rotatable bonds is 2. The van der Waals surface area contributed by atoms with E-state index in [-0.39, 0.29) is 23.7 Å². The minimum atomic E-state index is -0.200. The van der Waals surface area contributed by atoms with Gasteiger partial charge in [0.25, 0.3) is 0 Å². The van der Waals surface area contributed by atoms with E-state index in [0.29, 0.717) is 38.5 Å². The van der Waals surface area contributed by atoms with Crippen molar-refractivity contribution in [2.45, 2.75) is 19.4 Å². The molecule has 1 aromatic rings. The molecular weight excluding hydrogens is 271 g/mol. The summed E-state index contributed by atoms with van der Waals surface area (Å²) in [6.45, 7) is 5.23. The van der Waals surface area contributed by atoms with E-state index < -0.39 is 0 Å². The predicted molar refractivity (Wildman–Crippen MR) is 78.7 cm³/mol. The van der Waals surface area contributed by atoms with E-state index in [1.807, 2.05) is 22.8 Å². The van der Waals surface area contributed by atoms with Crippen LogP contribution in [0, 0.1) is 11.7 Å². The van der Waals surface area contributed by atoms with Gasteiger partial charge in [-0.15, -0.1) is 0 Å². The van der Waals surface area contributed by atoms with Crippen LogP contribution in [0.2, 0.25) is 0 Å². The maximum absolute atomic E-state index is 13.9. The molecule has 2 heterocycles. The van der Waals surface area contributed by atoms with Crippen molar-refractivity contribution < 1.29 is 13.9 Å². The maximum atomic E-state index is 13.9. The predicted octanol–water partition coefficient (Wildman–Crippen LogP) is 1.90. The second-order valence-electron chi connectivity index (χ2n) is 5.84. The highest BCUT2D eigenvalue weighted by molar-refractivity contribution is 5.80. The van der Waals surface area contributed by atoms with Crippen molar-refractivity contribution in [1.82, 2.24) is 4.90 Å². The second kappa shape index (κ2) is 6.02. The van der Waals surface area contributed by atoms with Crippen LogP contribution in [0.5, 0.6) is 0 Å². The number of para-hydroxylation sites is 1. The number of halogens is 1. The first-order valence-electron chi connectivity index (χ1n) is 7.54. The van der Waals surface area contributed by atoms with E-state index >= 15 is 0 Å². The summed E-state index contributed by atoms with van der Waals surface area (Å²) in [5.74, 6) is -0.00526. The molecule has 2 fully saturated rings. The lowest BCUT2D eigenvalue weighted by atomic mass is 10.0. The topological polar surface area (TPSA) is 32.8 Å². The third kappa shape index (κ3) is 2.88. The molecule has 0 unspecified atom stereocenters. The molecule has 2 aliphatic rings. The van der Waals surface area contributed by atoms with Gasteiger partial charge in [-0.2, -0.15) is 0 Å². The van der Waals surface area contributed by atoms with Crippen LogP contribution in [-0.4, -0.2) is 49.7 Å². The Kier molecular flexibility index (Phi) is 4.10. The molecule has 0 spiro atoms. The standard InChI is InChI=1S/C16H21FN2O2/c1-12-10-18(15-5-3-2-4-14(15)17)7-8-19(12)16(20)13-6-9-21-11-13/h2-5,12-13H,6-11H2,1H3/t12-,13+/m1/s1. The number of anilines is 1. The number of benzene rings is 1. The summed E-state index contributed by atoms with van der Waals surface area (Å²) in [4.78, 5) is 16.4. The zero-order valence-electron chi connectivity index (χ0n) is 12.3. The van der Waals surface area contributed by atoms with Gasteiger partial charge in [0, 0.05) is 32.3 Å². The van der Waals surface area contributed by atoms with Gasteiger partial charge in [0.05, 0.1) is 18.2 Å². The molecular formula is C16H21FN2O2. The summed E-state index contributed by atoms with van der Waals surface area (Å²) < 4.78 is 19.2.